The van der Waals surface area contributed by atoms with Crippen LogP contribution in [-0.4, -0.2) is 49.7 Å². The van der Waals surface area contributed by atoms with Gasteiger partial charge in [0, 0.05) is 13.0 Å². The molecule has 0 aliphatic heterocycles. The summed E-state index contributed by atoms with van der Waals surface area (Å²) in [7, 11) is 0. The Morgan fingerprint density at radius 3 is 2.40 bits per heavy atom. The zero-order valence-corrected chi connectivity index (χ0v) is 15.4. The highest BCUT2D eigenvalue weighted by atomic mass is 35.5. The first-order chi connectivity index (χ1) is 11.9. The molecule has 0 unspecified atom stereocenters. The van der Waals surface area contributed by atoms with Crippen molar-refractivity contribution < 1.29 is 14.7 Å². The Balaban J connectivity index is 2.46. The van der Waals surface area contributed by atoms with E-state index in [9.17, 15) is 9.59 Å². The van der Waals surface area contributed by atoms with Crippen LogP contribution >= 0.6 is 23.2 Å². The molecule has 0 saturated carbocycles. The van der Waals surface area contributed by atoms with E-state index in [-0.39, 0.29) is 5.82 Å². The van der Waals surface area contributed by atoms with Crippen LogP contribution in [0.4, 0.5) is 0 Å². The number of benzene rings is 1. The first kappa shape index (κ1) is 19.2. The van der Waals surface area contributed by atoms with Crippen molar-refractivity contribution in [3.63, 3.8) is 0 Å². The van der Waals surface area contributed by atoms with Crippen LogP contribution in [0.25, 0.3) is 5.69 Å². The SMILES string of the molecule is CCCN(CC(=O)O)C(=O)c1nc(CC)n(-c2c(Cl)cccc2Cl)n1. The maximum atomic E-state index is 12.6. The van der Waals surface area contributed by atoms with Crippen molar-refractivity contribution in [3.05, 3.63) is 39.9 Å². The van der Waals surface area contributed by atoms with Gasteiger partial charge in [-0.3, -0.25) is 9.59 Å². The summed E-state index contributed by atoms with van der Waals surface area (Å²) in [5, 5.41) is 14.0. The lowest BCUT2D eigenvalue weighted by molar-refractivity contribution is -0.137. The van der Waals surface area contributed by atoms with E-state index in [2.05, 4.69) is 10.1 Å². The van der Waals surface area contributed by atoms with Crippen LogP contribution in [-0.2, 0) is 11.2 Å². The molecule has 0 aliphatic rings. The van der Waals surface area contributed by atoms with Gasteiger partial charge in [0.1, 0.15) is 18.1 Å². The molecule has 2 rings (SSSR count). The fourth-order valence-corrected chi connectivity index (χ4v) is 2.92. The van der Waals surface area contributed by atoms with E-state index in [0.29, 0.717) is 40.9 Å². The van der Waals surface area contributed by atoms with Crippen LogP contribution in [0.3, 0.4) is 0 Å². The summed E-state index contributed by atoms with van der Waals surface area (Å²) < 4.78 is 1.43. The van der Waals surface area contributed by atoms with E-state index in [1.54, 1.807) is 18.2 Å². The lowest BCUT2D eigenvalue weighted by Gasteiger charge is -2.17. The monoisotopic (exact) mass is 384 g/mol. The Morgan fingerprint density at radius 1 is 1.24 bits per heavy atom. The molecular formula is C16H18Cl2N4O3. The molecule has 1 amide bonds. The topological polar surface area (TPSA) is 88.3 Å². The van der Waals surface area contributed by atoms with Crippen molar-refractivity contribution in [1.29, 1.82) is 0 Å². The fourth-order valence-electron chi connectivity index (χ4n) is 2.36. The fraction of sp³-hybridized carbons (Fsp3) is 0.375. The molecular weight excluding hydrogens is 367 g/mol. The van der Waals surface area contributed by atoms with Crippen LogP contribution in [0.1, 0.15) is 36.7 Å². The predicted octanol–water partition coefficient (Wildman–Crippen LogP) is 3.07. The number of hydrogen-bond donors (Lipinski definition) is 1. The Labute approximate surface area is 155 Å². The smallest absolute Gasteiger partial charge is 0.323 e. The maximum Gasteiger partial charge on any atom is 0.323 e. The zero-order valence-electron chi connectivity index (χ0n) is 13.9. The van der Waals surface area contributed by atoms with Gasteiger partial charge < -0.3 is 10.0 Å². The molecule has 134 valence electrons. The quantitative estimate of drug-likeness (QED) is 0.792. The minimum absolute atomic E-state index is 0.0810. The van der Waals surface area contributed by atoms with Crippen molar-refractivity contribution in [2.45, 2.75) is 26.7 Å². The van der Waals surface area contributed by atoms with Crippen LogP contribution in [0, 0.1) is 0 Å². The summed E-state index contributed by atoms with van der Waals surface area (Å²) in [5.41, 5.74) is 0.439. The van der Waals surface area contributed by atoms with E-state index >= 15 is 0 Å². The Bertz CT molecular complexity index is 771. The number of carboxylic acids is 1. The summed E-state index contributed by atoms with van der Waals surface area (Å²) >= 11 is 12.4. The average molecular weight is 385 g/mol. The minimum atomic E-state index is -1.09. The van der Waals surface area contributed by atoms with E-state index in [4.69, 9.17) is 28.3 Å². The van der Waals surface area contributed by atoms with Gasteiger partial charge >= 0.3 is 5.97 Å². The number of para-hydroxylation sites is 1. The van der Waals surface area contributed by atoms with Crippen molar-refractivity contribution in [2.24, 2.45) is 0 Å². The largest absolute Gasteiger partial charge is 0.480 e. The summed E-state index contributed by atoms with van der Waals surface area (Å²) in [6, 6.07) is 5.04. The second-order valence-corrected chi connectivity index (χ2v) is 6.12. The van der Waals surface area contributed by atoms with Crippen molar-refractivity contribution in [1.82, 2.24) is 19.7 Å². The van der Waals surface area contributed by atoms with Gasteiger partial charge in [0.05, 0.1) is 10.0 Å². The van der Waals surface area contributed by atoms with E-state index in [1.807, 2.05) is 13.8 Å². The number of nitrogens with zero attached hydrogens (tertiary/aromatic N) is 4. The van der Waals surface area contributed by atoms with Crippen molar-refractivity contribution in [2.75, 3.05) is 13.1 Å². The normalized spacial score (nSPS) is 10.7. The zero-order chi connectivity index (χ0) is 18.6. The lowest BCUT2D eigenvalue weighted by atomic mass is 10.3. The van der Waals surface area contributed by atoms with Gasteiger partial charge in [0.15, 0.2) is 0 Å². The molecule has 0 radical (unpaired) electrons. The molecule has 0 saturated heterocycles. The third-order valence-electron chi connectivity index (χ3n) is 3.44. The van der Waals surface area contributed by atoms with E-state index < -0.39 is 18.4 Å². The van der Waals surface area contributed by atoms with Gasteiger partial charge in [-0.2, -0.15) is 0 Å². The van der Waals surface area contributed by atoms with Crippen molar-refractivity contribution in [3.8, 4) is 5.69 Å². The van der Waals surface area contributed by atoms with Crippen LogP contribution in [0.5, 0.6) is 0 Å². The molecule has 25 heavy (non-hydrogen) atoms. The second kappa shape index (κ2) is 8.31. The second-order valence-electron chi connectivity index (χ2n) is 5.31. The maximum absolute atomic E-state index is 12.6. The van der Waals surface area contributed by atoms with Crippen LogP contribution in [0.15, 0.2) is 18.2 Å². The number of carbonyl (C=O) groups is 2. The average Bonchev–Trinajstić information content (AvgIpc) is 2.97. The van der Waals surface area contributed by atoms with Gasteiger partial charge in [-0.25, -0.2) is 9.67 Å². The van der Waals surface area contributed by atoms with Gasteiger partial charge in [-0.1, -0.05) is 43.1 Å². The number of carboxylic acid groups (broad SMARTS) is 1. The number of aryl methyl sites for hydroxylation is 1. The number of carbonyl (C=O) groups excluding carboxylic acids is 1. The lowest BCUT2D eigenvalue weighted by Crippen LogP contribution is -2.36. The van der Waals surface area contributed by atoms with Crippen molar-refractivity contribution >= 4 is 35.1 Å². The minimum Gasteiger partial charge on any atom is -0.480 e. The molecule has 1 aromatic carbocycles. The molecule has 0 fully saturated rings. The Kier molecular flexibility index (Phi) is 6.39. The van der Waals surface area contributed by atoms with E-state index in [0.717, 1.165) is 0 Å². The third kappa shape index (κ3) is 4.29. The molecule has 1 heterocycles. The molecule has 0 bridgehead atoms. The molecule has 1 aromatic heterocycles. The molecule has 1 N–H and O–H groups in total. The van der Waals surface area contributed by atoms with Gasteiger partial charge in [0.25, 0.3) is 5.91 Å². The standard InChI is InChI=1S/C16H18Cl2N4O3/c1-3-8-21(9-13(23)24)16(25)15-19-12(4-2)22(20-15)14-10(17)6-5-7-11(14)18/h5-7H,3-4,8-9H2,1-2H3,(H,23,24). The Hall–Kier alpha value is -2.12. The molecule has 0 atom stereocenters. The summed E-state index contributed by atoms with van der Waals surface area (Å²) in [6.45, 7) is 3.61. The number of halogens is 2. The van der Waals surface area contributed by atoms with Gasteiger partial charge in [-0.05, 0) is 18.6 Å². The highest BCUT2D eigenvalue weighted by molar-refractivity contribution is 6.37. The first-order valence-corrected chi connectivity index (χ1v) is 8.56. The molecule has 9 heteroatoms. The van der Waals surface area contributed by atoms with Gasteiger partial charge in [0.2, 0.25) is 5.82 Å². The summed E-state index contributed by atoms with van der Waals surface area (Å²) in [6.07, 6.45) is 1.12. The summed E-state index contributed by atoms with van der Waals surface area (Å²) in [4.78, 5) is 29.0. The number of aromatic nitrogens is 3. The number of aliphatic carboxylic acids is 1. The molecule has 0 aliphatic carbocycles. The number of amides is 1. The van der Waals surface area contributed by atoms with Crippen LogP contribution < -0.4 is 0 Å². The highest BCUT2D eigenvalue weighted by Gasteiger charge is 2.24. The molecule has 0 spiro atoms. The summed E-state index contributed by atoms with van der Waals surface area (Å²) in [5.74, 6) is -1.21. The highest BCUT2D eigenvalue weighted by Crippen LogP contribution is 2.28. The van der Waals surface area contributed by atoms with Gasteiger partial charge in [-0.15, -0.1) is 5.10 Å². The molecule has 7 nitrogen and oxygen atoms in total. The van der Waals surface area contributed by atoms with Crippen LogP contribution in [0.2, 0.25) is 10.0 Å². The molecule has 2 aromatic rings. The number of hydrogen-bond acceptors (Lipinski definition) is 4. The number of rotatable bonds is 7. The van der Waals surface area contributed by atoms with E-state index in [1.165, 1.54) is 9.58 Å². The third-order valence-corrected chi connectivity index (χ3v) is 4.05. The Morgan fingerprint density at radius 2 is 1.88 bits per heavy atom. The first-order valence-electron chi connectivity index (χ1n) is 7.80. The predicted molar refractivity (Wildman–Crippen MR) is 94.6 cm³/mol.